The van der Waals surface area contributed by atoms with Gasteiger partial charge < -0.3 is 9.64 Å². The monoisotopic (exact) mass is 301 g/mol. The molecule has 22 heavy (non-hydrogen) atoms. The first kappa shape index (κ1) is 13.9. The van der Waals surface area contributed by atoms with Crippen LogP contribution in [0.2, 0.25) is 0 Å². The quantitative estimate of drug-likeness (QED) is 0.807. The number of aromatic nitrogens is 4. The summed E-state index contributed by atoms with van der Waals surface area (Å²) in [4.78, 5) is 2.38. The van der Waals surface area contributed by atoms with Crippen LogP contribution in [0, 0.1) is 5.41 Å². The van der Waals surface area contributed by atoms with Crippen LogP contribution < -0.4 is 4.90 Å². The first-order valence-corrected chi connectivity index (χ1v) is 8.03. The van der Waals surface area contributed by atoms with Gasteiger partial charge in [-0.3, -0.25) is 0 Å². The third-order valence-electron chi connectivity index (χ3n) is 4.87. The van der Waals surface area contributed by atoms with Crippen molar-refractivity contribution in [2.75, 3.05) is 31.2 Å². The number of nitrogens with zero attached hydrogens (tertiary/aromatic N) is 5. The fourth-order valence-corrected chi connectivity index (χ4v) is 3.52. The predicted octanol–water partition coefficient (Wildman–Crippen LogP) is 2.04. The molecule has 0 N–H and O–H groups in total. The van der Waals surface area contributed by atoms with Crippen LogP contribution in [0.25, 0.3) is 5.65 Å². The zero-order valence-electron chi connectivity index (χ0n) is 13.5. The fraction of sp³-hybridized carbons (Fsp3) is 0.688. The number of hydrogen-bond acceptors (Lipinski definition) is 5. The first-order valence-electron chi connectivity index (χ1n) is 8.03. The van der Waals surface area contributed by atoms with Gasteiger partial charge in [0, 0.05) is 30.5 Å². The molecule has 2 aliphatic rings. The summed E-state index contributed by atoms with van der Waals surface area (Å²) >= 11 is 0. The molecular formula is C16H23N5O. The van der Waals surface area contributed by atoms with Crippen LogP contribution in [0.4, 0.5) is 5.82 Å². The van der Waals surface area contributed by atoms with Gasteiger partial charge in [-0.05, 0) is 25.0 Å². The van der Waals surface area contributed by atoms with E-state index < -0.39 is 0 Å². The van der Waals surface area contributed by atoms with Crippen molar-refractivity contribution in [2.24, 2.45) is 5.41 Å². The Bertz CT molecular complexity index is 696. The highest BCUT2D eigenvalue weighted by Gasteiger charge is 2.41. The molecule has 118 valence electrons. The molecule has 2 fully saturated rings. The van der Waals surface area contributed by atoms with Crippen LogP contribution in [0.1, 0.15) is 39.4 Å². The second-order valence-electron chi connectivity index (χ2n) is 7.71. The van der Waals surface area contributed by atoms with Gasteiger partial charge in [0.15, 0.2) is 11.5 Å². The Morgan fingerprint density at radius 3 is 2.77 bits per heavy atom. The zero-order valence-corrected chi connectivity index (χ0v) is 13.5. The Morgan fingerprint density at radius 1 is 1.18 bits per heavy atom. The lowest BCUT2D eigenvalue weighted by atomic mass is 9.87. The topological polar surface area (TPSA) is 55.5 Å². The van der Waals surface area contributed by atoms with Crippen molar-refractivity contribution in [2.45, 2.75) is 39.0 Å². The van der Waals surface area contributed by atoms with E-state index in [9.17, 15) is 0 Å². The minimum Gasteiger partial charge on any atom is -0.381 e. The molecule has 0 bridgehead atoms. The summed E-state index contributed by atoms with van der Waals surface area (Å²) in [6.45, 7) is 10.3. The molecule has 1 unspecified atom stereocenters. The Labute approximate surface area is 130 Å². The third-order valence-corrected chi connectivity index (χ3v) is 4.87. The molecule has 6 nitrogen and oxygen atoms in total. The molecule has 4 heterocycles. The summed E-state index contributed by atoms with van der Waals surface area (Å²) in [7, 11) is 0. The lowest BCUT2D eigenvalue weighted by Crippen LogP contribution is -2.28. The standard InChI is InChI=1S/C16H23N5O/c1-15(2,3)14-18-17-12-4-5-13(19-21(12)14)20-8-6-16(10-20)7-9-22-11-16/h4-5H,6-11H2,1-3H3. The van der Waals surface area contributed by atoms with Crippen molar-refractivity contribution in [1.29, 1.82) is 0 Å². The molecular weight excluding hydrogens is 278 g/mol. The Kier molecular flexibility index (Phi) is 2.95. The van der Waals surface area contributed by atoms with Gasteiger partial charge >= 0.3 is 0 Å². The van der Waals surface area contributed by atoms with Gasteiger partial charge in [0.1, 0.15) is 5.82 Å². The SMILES string of the molecule is CC(C)(C)c1nnc2ccc(N3CCC4(CCOC4)C3)nn12. The Hall–Kier alpha value is -1.69. The van der Waals surface area contributed by atoms with Gasteiger partial charge in [0.2, 0.25) is 0 Å². The highest BCUT2D eigenvalue weighted by molar-refractivity contribution is 5.47. The van der Waals surface area contributed by atoms with Crippen LogP contribution >= 0.6 is 0 Å². The Balaban J connectivity index is 1.68. The van der Waals surface area contributed by atoms with E-state index in [4.69, 9.17) is 9.84 Å². The average molecular weight is 301 g/mol. The maximum atomic E-state index is 5.62. The molecule has 0 saturated carbocycles. The highest BCUT2D eigenvalue weighted by atomic mass is 16.5. The highest BCUT2D eigenvalue weighted by Crippen LogP contribution is 2.39. The molecule has 0 radical (unpaired) electrons. The molecule has 0 amide bonds. The van der Waals surface area contributed by atoms with E-state index in [0.717, 1.165) is 43.6 Å². The van der Waals surface area contributed by atoms with E-state index >= 15 is 0 Å². The molecule has 2 aromatic rings. The smallest absolute Gasteiger partial charge is 0.178 e. The number of ether oxygens (including phenoxy) is 1. The molecule has 2 saturated heterocycles. The summed E-state index contributed by atoms with van der Waals surface area (Å²) in [5.74, 6) is 1.92. The van der Waals surface area contributed by atoms with E-state index in [-0.39, 0.29) is 5.41 Å². The largest absolute Gasteiger partial charge is 0.381 e. The van der Waals surface area contributed by atoms with Gasteiger partial charge in [-0.1, -0.05) is 20.8 Å². The Morgan fingerprint density at radius 2 is 2.05 bits per heavy atom. The van der Waals surface area contributed by atoms with E-state index in [0.29, 0.717) is 5.41 Å². The number of rotatable bonds is 1. The molecule has 1 spiro atoms. The number of hydrogen-bond donors (Lipinski definition) is 0. The molecule has 6 heteroatoms. The third kappa shape index (κ3) is 2.17. The molecule has 1 atom stereocenters. The van der Waals surface area contributed by atoms with E-state index in [1.165, 1.54) is 12.8 Å². The fourth-order valence-electron chi connectivity index (χ4n) is 3.52. The summed E-state index contributed by atoms with van der Waals surface area (Å²) in [5, 5.41) is 13.4. The van der Waals surface area contributed by atoms with Gasteiger partial charge in [0.05, 0.1) is 6.61 Å². The van der Waals surface area contributed by atoms with Gasteiger partial charge in [-0.15, -0.1) is 15.3 Å². The second-order valence-corrected chi connectivity index (χ2v) is 7.71. The van der Waals surface area contributed by atoms with Crippen molar-refractivity contribution >= 4 is 11.5 Å². The van der Waals surface area contributed by atoms with Gasteiger partial charge in [-0.2, -0.15) is 4.52 Å². The molecule has 0 aliphatic carbocycles. The van der Waals surface area contributed by atoms with Crippen molar-refractivity contribution in [3.63, 3.8) is 0 Å². The van der Waals surface area contributed by atoms with Crippen molar-refractivity contribution in [3.05, 3.63) is 18.0 Å². The molecule has 2 aromatic heterocycles. The lowest BCUT2D eigenvalue weighted by molar-refractivity contribution is 0.160. The summed E-state index contributed by atoms with van der Waals surface area (Å²) in [6.07, 6.45) is 2.37. The average Bonchev–Trinajstić information content (AvgIpc) is 3.18. The minimum atomic E-state index is -0.0729. The van der Waals surface area contributed by atoms with Crippen LogP contribution in [-0.4, -0.2) is 46.1 Å². The van der Waals surface area contributed by atoms with E-state index in [1.54, 1.807) is 0 Å². The van der Waals surface area contributed by atoms with Crippen LogP contribution in [0.3, 0.4) is 0 Å². The summed E-state index contributed by atoms with van der Waals surface area (Å²) in [5.41, 5.74) is 1.08. The number of anilines is 1. The van der Waals surface area contributed by atoms with Crippen LogP contribution in [0.5, 0.6) is 0 Å². The van der Waals surface area contributed by atoms with Crippen molar-refractivity contribution < 1.29 is 4.74 Å². The van der Waals surface area contributed by atoms with Gasteiger partial charge in [-0.25, -0.2) is 0 Å². The summed E-state index contributed by atoms with van der Waals surface area (Å²) in [6, 6.07) is 4.08. The van der Waals surface area contributed by atoms with Crippen molar-refractivity contribution in [3.8, 4) is 0 Å². The van der Waals surface area contributed by atoms with Crippen LogP contribution in [-0.2, 0) is 10.2 Å². The van der Waals surface area contributed by atoms with Gasteiger partial charge in [0.25, 0.3) is 0 Å². The maximum absolute atomic E-state index is 5.62. The predicted molar refractivity (Wildman–Crippen MR) is 84.2 cm³/mol. The normalized spacial score (nSPS) is 25.7. The second kappa shape index (κ2) is 4.65. The van der Waals surface area contributed by atoms with E-state index in [2.05, 4.69) is 41.9 Å². The first-order chi connectivity index (χ1) is 10.5. The maximum Gasteiger partial charge on any atom is 0.178 e. The molecule has 2 aliphatic heterocycles. The minimum absolute atomic E-state index is 0.0729. The van der Waals surface area contributed by atoms with E-state index in [1.807, 2.05) is 10.6 Å². The lowest BCUT2D eigenvalue weighted by Gasteiger charge is -2.23. The van der Waals surface area contributed by atoms with Crippen LogP contribution in [0.15, 0.2) is 12.1 Å². The number of fused-ring (bicyclic) bond motifs is 1. The summed E-state index contributed by atoms with van der Waals surface area (Å²) < 4.78 is 7.51. The molecule has 0 aromatic carbocycles. The molecule has 4 rings (SSSR count). The van der Waals surface area contributed by atoms with Crippen molar-refractivity contribution in [1.82, 2.24) is 19.8 Å². The zero-order chi connectivity index (χ0) is 15.4.